The van der Waals surface area contributed by atoms with Crippen molar-refractivity contribution in [3.8, 4) is 0 Å². The van der Waals surface area contributed by atoms with E-state index >= 15 is 0 Å². The van der Waals surface area contributed by atoms with Crippen LogP contribution in [0, 0.1) is 5.82 Å². The number of rotatable bonds is 4. The molecule has 21 heavy (non-hydrogen) atoms. The lowest BCUT2D eigenvalue weighted by atomic mass is 10.2. The summed E-state index contributed by atoms with van der Waals surface area (Å²) in [7, 11) is 1.73. The lowest BCUT2D eigenvalue weighted by molar-refractivity contribution is -0.114. The van der Waals surface area contributed by atoms with Gasteiger partial charge >= 0.3 is 0 Å². The van der Waals surface area contributed by atoms with E-state index in [2.05, 4.69) is 5.32 Å². The van der Waals surface area contributed by atoms with Gasteiger partial charge in [-0.05, 0) is 36.4 Å². The van der Waals surface area contributed by atoms with Gasteiger partial charge in [-0.2, -0.15) is 0 Å². The molecule has 6 heteroatoms. The van der Waals surface area contributed by atoms with Crippen LogP contribution in [0.25, 0.3) is 0 Å². The molecule has 1 amide bonds. The van der Waals surface area contributed by atoms with Crippen LogP contribution < -0.4 is 16.0 Å². The molecule has 0 fully saturated rings. The number of nitrogens with zero attached hydrogens (tertiary/aromatic N) is 1. The minimum absolute atomic E-state index is 0.0705. The van der Waals surface area contributed by atoms with Crippen LogP contribution in [0.4, 0.5) is 21.5 Å². The van der Waals surface area contributed by atoms with Gasteiger partial charge < -0.3 is 16.0 Å². The number of likely N-dealkylation sites (N-methyl/N-ethyl adjacent to an activating group) is 1. The summed E-state index contributed by atoms with van der Waals surface area (Å²) in [4.78, 5) is 13.6. The van der Waals surface area contributed by atoms with Crippen LogP contribution in [-0.4, -0.2) is 19.5 Å². The van der Waals surface area contributed by atoms with Gasteiger partial charge in [0.2, 0.25) is 5.91 Å². The predicted molar refractivity (Wildman–Crippen MR) is 84.2 cm³/mol. The fraction of sp³-hybridized carbons (Fsp3) is 0.133. The van der Waals surface area contributed by atoms with Crippen molar-refractivity contribution >= 4 is 34.6 Å². The van der Waals surface area contributed by atoms with E-state index in [-0.39, 0.29) is 12.5 Å². The molecule has 2 aromatic carbocycles. The van der Waals surface area contributed by atoms with Gasteiger partial charge in [-0.1, -0.05) is 17.7 Å². The molecule has 0 aliphatic carbocycles. The first-order valence-corrected chi connectivity index (χ1v) is 6.65. The summed E-state index contributed by atoms with van der Waals surface area (Å²) in [6.45, 7) is 0.0705. The van der Waals surface area contributed by atoms with Crippen molar-refractivity contribution in [1.29, 1.82) is 0 Å². The van der Waals surface area contributed by atoms with Crippen LogP contribution in [-0.2, 0) is 4.79 Å². The number of hydrogen-bond donors (Lipinski definition) is 2. The maximum atomic E-state index is 13.0. The van der Waals surface area contributed by atoms with E-state index in [0.29, 0.717) is 22.1 Å². The third kappa shape index (κ3) is 4.10. The fourth-order valence-corrected chi connectivity index (χ4v) is 2.08. The van der Waals surface area contributed by atoms with Crippen molar-refractivity contribution in [2.24, 2.45) is 0 Å². The van der Waals surface area contributed by atoms with Crippen molar-refractivity contribution < 1.29 is 9.18 Å². The van der Waals surface area contributed by atoms with E-state index in [1.165, 1.54) is 18.2 Å². The molecule has 0 spiro atoms. The number of nitrogens with two attached hydrogens (primary N) is 1. The smallest absolute Gasteiger partial charge is 0.243 e. The van der Waals surface area contributed by atoms with Crippen molar-refractivity contribution in [3.63, 3.8) is 0 Å². The number of amides is 1. The van der Waals surface area contributed by atoms with Gasteiger partial charge in [0.05, 0.1) is 17.9 Å². The van der Waals surface area contributed by atoms with Crippen LogP contribution in [0.3, 0.4) is 0 Å². The van der Waals surface area contributed by atoms with Gasteiger partial charge in [0.25, 0.3) is 0 Å². The van der Waals surface area contributed by atoms with E-state index < -0.39 is 5.82 Å². The second kappa shape index (κ2) is 6.45. The predicted octanol–water partition coefficient (Wildman–Crippen LogP) is 3.14. The molecule has 0 aliphatic heterocycles. The average molecular weight is 308 g/mol. The molecule has 0 aliphatic rings. The number of benzene rings is 2. The molecule has 2 rings (SSSR count). The van der Waals surface area contributed by atoms with Crippen LogP contribution in [0.1, 0.15) is 0 Å². The van der Waals surface area contributed by atoms with Crippen LogP contribution in [0.5, 0.6) is 0 Å². The number of hydrogen-bond acceptors (Lipinski definition) is 3. The van der Waals surface area contributed by atoms with Crippen molar-refractivity contribution in [1.82, 2.24) is 0 Å². The van der Waals surface area contributed by atoms with Gasteiger partial charge in [0.1, 0.15) is 5.82 Å². The second-order valence-electron chi connectivity index (χ2n) is 4.62. The summed E-state index contributed by atoms with van der Waals surface area (Å²) in [5.74, 6) is -0.678. The molecule has 110 valence electrons. The second-order valence-corrected chi connectivity index (χ2v) is 5.05. The highest BCUT2D eigenvalue weighted by Gasteiger charge is 2.11. The number of carbonyl (C=O) groups excluding carboxylic acids is 1. The normalized spacial score (nSPS) is 10.2. The molecular weight excluding hydrogens is 293 g/mol. The third-order valence-corrected chi connectivity index (χ3v) is 3.13. The van der Waals surface area contributed by atoms with Crippen LogP contribution in [0.2, 0.25) is 5.02 Å². The first kappa shape index (κ1) is 15.1. The van der Waals surface area contributed by atoms with E-state index in [9.17, 15) is 9.18 Å². The minimum atomic E-state index is -0.403. The standard InChI is InChI=1S/C15H15ClFN3O/c1-20(14-7-10(16)5-6-13(14)18)9-15(21)19-12-4-2-3-11(17)8-12/h2-8H,9,18H2,1H3,(H,19,21). The first-order valence-electron chi connectivity index (χ1n) is 6.27. The van der Waals surface area contributed by atoms with Crippen molar-refractivity contribution in [2.75, 3.05) is 29.5 Å². The summed E-state index contributed by atoms with van der Waals surface area (Å²) in [5.41, 5.74) is 7.46. The Hall–Kier alpha value is -2.27. The summed E-state index contributed by atoms with van der Waals surface area (Å²) in [6, 6.07) is 10.8. The first-order chi connectivity index (χ1) is 9.95. The summed E-state index contributed by atoms with van der Waals surface area (Å²) < 4.78 is 13.0. The van der Waals surface area contributed by atoms with E-state index in [1.807, 2.05) is 0 Å². The molecule has 2 aromatic rings. The Morgan fingerprint density at radius 2 is 2.10 bits per heavy atom. The Labute approximate surface area is 127 Å². The van der Waals surface area contributed by atoms with Gasteiger partial charge in [-0.3, -0.25) is 4.79 Å². The fourth-order valence-electron chi connectivity index (χ4n) is 1.91. The number of nitrogen functional groups attached to an aromatic ring is 1. The molecule has 0 saturated carbocycles. The Morgan fingerprint density at radius 1 is 1.33 bits per heavy atom. The lowest BCUT2D eigenvalue weighted by Gasteiger charge is -2.20. The Kier molecular flexibility index (Phi) is 4.65. The van der Waals surface area contributed by atoms with Gasteiger partial charge in [0.15, 0.2) is 0 Å². The van der Waals surface area contributed by atoms with Crippen molar-refractivity contribution in [3.05, 3.63) is 53.3 Å². The number of nitrogens with one attached hydrogen (secondary N) is 1. The molecule has 0 radical (unpaired) electrons. The number of carbonyl (C=O) groups is 1. The largest absolute Gasteiger partial charge is 0.397 e. The maximum Gasteiger partial charge on any atom is 0.243 e. The molecule has 4 nitrogen and oxygen atoms in total. The monoisotopic (exact) mass is 307 g/mol. The summed E-state index contributed by atoms with van der Waals surface area (Å²) in [5, 5.41) is 3.16. The van der Waals surface area contributed by atoms with E-state index in [0.717, 1.165) is 0 Å². The van der Waals surface area contributed by atoms with Crippen molar-refractivity contribution in [2.45, 2.75) is 0 Å². The SMILES string of the molecule is CN(CC(=O)Nc1cccc(F)c1)c1cc(Cl)ccc1N. The summed E-state index contributed by atoms with van der Waals surface area (Å²) >= 11 is 5.92. The molecule has 0 unspecified atom stereocenters. The Balaban J connectivity index is 2.03. The topological polar surface area (TPSA) is 58.4 Å². The number of anilines is 3. The van der Waals surface area contributed by atoms with Gasteiger partial charge in [0, 0.05) is 17.8 Å². The zero-order valence-electron chi connectivity index (χ0n) is 11.4. The molecule has 0 saturated heterocycles. The van der Waals surface area contributed by atoms with Gasteiger partial charge in [-0.15, -0.1) is 0 Å². The Bertz CT molecular complexity index is 663. The molecule has 3 N–H and O–H groups in total. The highest BCUT2D eigenvalue weighted by molar-refractivity contribution is 6.31. The third-order valence-electron chi connectivity index (χ3n) is 2.89. The zero-order valence-corrected chi connectivity index (χ0v) is 12.2. The van der Waals surface area contributed by atoms with E-state index in [4.69, 9.17) is 17.3 Å². The average Bonchev–Trinajstić information content (AvgIpc) is 2.41. The quantitative estimate of drug-likeness (QED) is 0.853. The van der Waals surface area contributed by atoms with E-state index in [1.54, 1.807) is 36.2 Å². The van der Waals surface area contributed by atoms with Crippen LogP contribution in [0.15, 0.2) is 42.5 Å². The molecule has 0 atom stereocenters. The van der Waals surface area contributed by atoms with Crippen LogP contribution >= 0.6 is 11.6 Å². The molecular formula is C15H15ClFN3O. The Morgan fingerprint density at radius 3 is 2.81 bits per heavy atom. The minimum Gasteiger partial charge on any atom is -0.397 e. The summed E-state index contributed by atoms with van der Waals surface area (Å²) in [6.07, 6.45) is 0. The highest BCUT2D eigenvalue weighted by atomic mass is 35.5. The number of halogens is 2. The molecule has 0 aromatic heterocycles. The maximum absolute atomic E-state index is 13.0. The zero-order chi connectivity index (χ0) is 15.4. The lowest BCUT2D eigenvalue weighted by Crippen LogP contribution is -2.30. The molecule has 0 heterocycles. The highest BCUT2D eigenvalue weighted by Crippen LogP contribution is 2.25. The molecule has 0 bridgehead atoms. The van der Waals surface area contributed by atoms with Gasteiger partial charge in [-0.25, -0.2) is 4.39 Å².